The van der Waals surface area contributed by atoms with Gasteiger partial charge in [0.1, 0.15) is 5.69 Å². The van der Waals surface area contributed by atoms with E-state index < -0.39 is 0 Å². The SMILES string of the molecule is Cn1cc(-c2cccc(NC(=O)c3cc(-c4ccoc4)n[nH]3)c2)cn1. The summed E-state index contributed by atoms with van der Waals surface area (Å²) in [6.45, 7) is 0. The van der Waals surface area contributed by atoms with E-state index in [1.165, 1.54) is 0 Å². The Morgan fingerprint density at radius 2 is 2.12 bits per heavy atom. The Morgan fingerprint density at radius 3 is 2.88 bits per heavy atom. The highest BCUT2D eigenvalue weighted by Crippen LogP contribution is 2.23. The second-order valence-corrected chi connectivity index (χ2v) is 5.62. The van der Waals surface area contributed by atoms with E-state index in [9.17, 15) is 4.79 Å². The molecule has 7 heteroatoms. The predicted octanol–water partition coefficient (Wildman–Crippen LogP) is 3.32. The van der Waals surface area contributed by atoms with Crippen molar-refractivity contribution in [2.45, 2.75) is 0 Å². The van der Waals surface area contributed by atoms with Crippen LogP contribution in [0, 0.1) is 0 Å². The number of carbonyl (C=O) groups excluding carboxylic acids is 1. The molecule has 0 aliphatic carbocycles. The van der Waals surface area contributed by atoms with Crippen LogP contribution >= 0.6 is 0 Å². The molecule has 0 spiro atoms. The van der Waals surface area contributed by atoms with Gasteiger partial charge < -0.3 is 9.73 Å². The van der Waals surface area contributed by atoms with E-state index >= 15 is 0 Å². The van der Waals surface area contributed by atoms with Gasteiger partial charge in [0.25, 0.3) is 5.91 Å². The van der Waals surface area contributed by atoms with Crippen LogP contribution in [-0.2, 0) is 7.05 Å². The van der Waals surface area contributed by atoms with Gasteiger partial charge in [-0.1, -0.05) is 12.1 Å². The summed E-state index contributed by atoms with van der Waals surface area (Å²) in [4.78, 5) is 12.4. The molecule has 1 amide bonds. The van der Waals surface area contributed by atoms with Crippen LogP contribution in [0.3, 0.4) is 0 Å². The highest BCUT2D eigenvalue weighted by Gasteiger charge is 2.12. The number of amides is 1. The molecule has 0 radical (unpaired) electrons. The lowest BCUT2D eigenvalue weighted by atomic mass is 10.1. The molecule has 0 aliphatic heterocycles. The Balaban J connectivity index is 1.53. The number of aromatic nitrogens is 4. The van der Waals surface area contributed by atoms with E-state index in [1.807, 2.05) is 37.5 Å². The standard InChI is InChI=1S/C18H15N5O2/c1-23-10-14(9-19-23)12-3-2-4-15(7-12)20-18(24)17-8-16(21-22-17)13-5-6-25-11-13/h2-11H,1H3,(H,20,24)(H,21,22). The van der Waals surface area contributed by atoms with Crippen molar-refractivity contribution in [2.75, 3.05) is 5.32 Å². The number of benzene rings is 1. The van der Waals surface area contributed by atoms with E-state index in [0.29, 0.717) is 17.1 Å². The topological polar surface area (TPSA) is 88.7 Å². The highest BCUT2D eigenvalue weighted by atomic mass is 16.3. The number of anilines is 1. The molecule has 0 saturated carbocycles. The summed E-state index contributed by atoms with van der Waals surface area (Å²) >= 11 is 0. The fraction of sp³-hybridized carbons (Fsp3) is 0.0556. The van der Waals surface area contributed by atoms with Gasteiger partial charge in [0.15, 0.2) is 0 Å². The lowest BCUT2D eigenvalue weighted by molar-refractivity contribution is 0.102. The van der Waals surface area contributed by atoms with Crippen molar-refractivity contribution in [3.63, 3.8) is 0 Å². The maximum Gasteiger partial charge on any atom is 0.273 e. The van der Waals surface area contributed by atoms with E-state index in [-0.39, 0.29) is 5.91 Å². The first-order valence-electron chi connectivity index (χ1n) is 7.67. The van der Waals surface area contributed by atoms with E-state index in [0.717, 1.165) is 16.7 Å². The molecule has 0 saturated heterocycles. The summed E-state index contributed by atoms with van der Waals surface area (Å²) in [5, 5.41) is 13.9. The number of rotatable bonds is 4. The maximum atomic E-state index is 12.4. The smallest absolute Gasteiger partial charge is 0.273 e. The zero-order valence-corrected chi connectivity index (χ0v) is 13.4. The van der Waals surface area contributed by atoms with Gasteiger partial charge >= 0.3 is 0 Å². The maximum absolute atomic E-state index is 12.4. The molecule has 4 aromatic rings. The molecule has 2 N–H and O–H groups in total. The fourth-order valence-electron chi connectivity index (χ4n) is 2.54. The highest BCUT2D eigenvalue weighted by molar-refractivity contribution is 6.03. The van der Waals surface area contributed by atoms with Gasteiger partial charge in [-0.15, -0.1) is 0 Å². The van der Waals surface area contributed by atoms with E-state index in [1.54, 1.807) is 35.5 Å². The average molecular weight is 333 g/mol. The van der Waals surface area contributed by atoms with Crippen molar-refractivity contribution < 1.29 is 9.21 Å². The summed E-state index contributed by atoms with van der Waals surface area (Å²) in [5.41, 5.74) is 4.52. The minimum atomic E-state index is -0.259. The third-order valence-electron chi connectivity index (χ3n) is 3.80. The van der Waals surface area contributed by atoms with Gasteiger partial charge in [-0.2, -0.15) is 10.2 Å². The molecule has 25 heavy (non-hydrogen) atoms. The first-order chi connectivity index (χ1) is 12.2. The Kier molecular flexibility index (Phi) is 3.66. The van der Waals surface area contributed by atoms with Crippen LogP contribution in [-0.4, -0.2) is 25.9 Å². The number of aromatic amines is 1. The largest absolute Gasteiger partial charge is 0.472 e. The van der Waals surface area contributed by atoms with Gasteiger partial charge in [-0.25, -0.2) is 0 Å². The summed E-state index contributed by atoms with van der Waals surface area (Å²) < 4.78 is 6.77. The van der Waals surface area contributed by atoms with Crippen LogP contribution in [0.2, 0.25) is 0 Å². The minimum Gasteiger partial charge on any atom is -0.472 e. The molecule has 124 valence electrons. The number of H-pyrrole nitrogens is 1. The third kappa shape index (κ3) is 3.07. The average Bonchev–Trinajstić information content (AvgIpc) is 3.36. The summed E-state index contributed by atoms with van der Waals surface area (Å²) in [6, 6.07) is 11.1. The molecule has 0 bridgehead atoms. The Labute approximate surface area is 143 Å². The lowest BCUT2D eigenvalue weighted by Gasteiger charge is -2.05. The molecule has 0 unspecified atom stereocenters. The lowest BCUT2D eigenvalue weighted by Crippen LogP contribution is -2.12. The van der Waals surface area contributed by atoms with Crippen LogP contribution in [0.1, 0.15) is 10.5 Å². The van der Waals surface area contributed by atoms with Crippen LogP contribution in [0.4, 0.5) is 5.69 Å². The van der Waals surface area contributed by atoms with Crippen LogP contribution < -0.4 is 5.32 Å². The van der Waals surface area contributed by atoms with Gasteiger partial charge in [0.05, 0.1) is 24.4 Å². The molecule has 4 rings (SSSR count). The van der Waals surface area contributed by atoms with Crippen molar-refractivity contribution in [3.8, 4) is 22.4 Å². The van der Waals surface area contributed by atoms with Gasteiger partial charge in [-0.05, 0) is 29.8 Å². The van der Waals surface area contributed by atoms with Crippen LogP contribution in [0.25, 0.3) is 22.4 Å². The van der Waals surface area contributed by atoms with Crippen LogP contribution in [0.15, 0.2) is 65.7 Å². The van der Waals surface area contributed by atoms with Crippen molar-refractivity contribution >= 4 is 11.6 Å². The van der Waals surface area contributed by atoms with Crippen molar-refractivity contribution in [1.29, 1.82) is 0 Å². The quantitative estimate of drug-likeness (QED) is 0.599. The number of nitrogens with zero attached hydrogens (tertiary/aromatic N) is 3. The van der Waals surface area contributed by atoms with Crippen molar-refractivity contribution in [1.82, 2.24) is 20.0 Å². The molecule has 0 fully saturated rings. The Bertz CT molecular complexity index is 1010. The molecule has 7 nitrogen and oxygen atoms in total. The Hall–Kier alpha value is -3.61. The number of furan rings is 1. The summed E-state index contributed by atoms with van der Waals surface area (Å²) in [7, 11) is 1.87. The monoisotopic (exact) mass is 333 g/mol. The summed E-state index contributed by atoms with van der Waals surface area (Å²) in [6.07, 6.45) is 6.85. The zero-order chi connectivity index (χ0) is 17.2. The first-order valence-corrected chi connectivity index (χ1v) is 7.67. The summed E-state index contributed by atoms with van der Waals surface area (Å²) in [5.74, 6) is -0.259. The Morgan fingerprint density at radius 1 is 1.20 bits per heavy atom. The third-order valence-corrected chi connectivity index (χ3v) is 3.80. The number of hydrogen-bond acceptors (Lipinski definition) is 4. The number of hydrogen-bond donors (Lipinski definition) is 2. The molecule has 3 aromatic heterocycles. The number of carbonyl (C=O) groups is 1. The van der Waals surface area contributed by atoms with E-state index in [2.05, 4.69) is 20.6 Å². The second kappa shape index (κ2) is 6.12. The van der Waals surface area contributed by atoms with Crippen molar-refractivity contribution in [2.24, 2.45) is 7.05 Å². The molecular weight excluding hydrogens is 318 g/mol. The molecule has 1 aromatic carbocycles. The molecule has 0 atom stereocenters. The first kappa shape index (κ1) is 14.9. The van der Waals surface area contributed by atoms with Gasteiger partial charge in [0.2, 0.25) is 0 Å². The minimum absolute atomic E-state index is 0.259. The predicted molar refractivity (Wildman–Crippen MR) is 92.9 cm³/mol. The van der Waals surface area contributed by atoms with Gasteiger partial charge in [-0.3, -0.25) is 14.6 Å². The second-order valence-electron chi connectivity index (χ2n) is 5.62. The number of aryl methyl sites for hydroxylation is 1. The molecule has 0 aliphatic rings. The van der Waals surface area contributed by atoms with Crippen molar-refractivity contribution in [3.05, 3.63) is 67.0 Å². The molecule has 3 heterocycles. The normalized spacial score (nSPS) is 10.8. The van der Waals surface area contributed by atoms with Gasteiger partial charge in [0, 0.05) is 30.1 Å². The molecular formula is C18H15N5O2. The van der Waals surface area contributed by atoms with E-state index in [4.69, 9.17) is 4.42 Å². The van der Waals surface area contributed by atoms with Crippen LogP contribution in [0.5, 0.6) is 0 Å². The zero-order valence-electron chi connectivity index (χ0n) is 13.4. The fourth-order valence-corrected chi connectivity index (χ4v) is 2.54. The number of nitrogens with one attached hydrogen (secondary N) is 2.